The monoisotopic (exact) mass is 732 g/mol. The van der Waals surface area contributed by atoms with Crippen molar-refractivity contribution in [1.29, 1.82) is 0 Å². The minimum Gasteiger partial charge on any atom is -0.376 e. The highest BCUT2D eigenvalue weighted by molar-refractivity contribution is 6.93. The molecule has 3 aliphatic rings. The molecule has 2 nitrogen and oxygen atoms in total. The van der Waals surface area contributed by atoms with Gasteiger partial charge in [-0.05, 0) is 133 Å². The van der Waals surface area contributed by atoms with Gasteiger partial charge in [0.15, 0.2) is 0 Å². The SMILES string of the molecule is Cc1cc2c3c(c1)N(c1ccc(-c4ccccc4)cc1)c1cc4c(cc1B3N(c1ccc(C(C)(C)C)cc1)c1cc3ccccc3cc1-2)-c1ccccc1C4(C)C. The zero-order valence-corrected chi connectivity index (χ0v) is 33.6. The van der Waals surface area contributed by atoms with Crippen LogP contribution in [0, 0.1) is 6.92 Å². The van der Waals surface area contributed by atoms with E-state index in [1.165, 1.54) is 106 Å². The van der Waals surface area contributed by atoms with Crippen LogP contribution in [0.5, 0.6) is 0 Å². The maximum Gasteiger partial charge on any atom is 0.333 e. The third kappa shape index (κ3) is 5.04. The van der Waals surface area contributed by atoms with E-state index in [4.69, 9.17) is 0 Å². The second kappa shape index (κ2) is 12.1. The van der Waals surface area contributed by atoms with Crippen LogP contribution in [0.4, 0.5) is 28.4 Å². The van der Waals surface area contributed by atoms with Gasteiger partial charge in [-0.1, -0.05) is 150 Å². The van der Waals surface area contributed by atoms with E-state index >= 15 is 0 Å². The summed E-state index contributed by atoms with van der Waals surface area (Å²) >= 11 is 0. The summed E-state index contributed by atoms with van der Waals surface area (Å²) in [5, 5.41) is 2.51. The van der Waals surface area contributed by atoms with E-state index in [9.17, 15) is 0 Å². The normalized spacial score (nSPS) is 14.5. The Hall–Kier alpha value is -6.32. The van der Waals surface area contributed by atoms with E-state index in [0.717, 1.165) is 0 Å². The van der Waals surface area contributed by atoms with Crippen LogP contribution in [0.3, 0.4) is 0 Å². The Morgan fingerprint density at radius 3 is 1.88 bits per heavy atom. The molecular weight excluding hydrogens is 687 g/mol. The molecule has 0 amide bonds. The molecule has 0 spiro atoms. The van der Waals surface area contributed by atoms with Gasteiger partial charge in [-0.15, -0.1) is 0 Å². The third-order valence-electron chi connectivity index (χ3n) is 13.0. The summed E-state index contributed by atoms with van der Waals surface area (Å²) in [5.74, 6) is 0. The molecule has 8 aromatic carbocycles. The number of anilines is 5. The van der Waals surface area contributed by atoms with Crippen molar-refractivity contribution in [3.8, 4) is 33.4 Å². The molecule has 2 aliphatic heterocycles. The van der Waals surface area contributed by atoms with Gasteiger partial charge >= 0.3 is 6.85 Å². The predicted molar refractivity (Wildman–Crippen MR) is 244 cm³/mol. The van der Waals surface area contributed by atoms with E-state index in [0.29, 0.717) is 0 Å². The number of nitrogens with zero attached hydrogens (tertiary/aromatic N) is 2. The first-order valence-electron chi connectivity index (χ1n) is 20.4. The van der Waals surface area contributed by atoms with Gasteiger partial charge in [-0.3, -0.25) is 0 Å². The van der Waals surface area contributed by atoms with Crippen LogP contribution in [-0.4, -0.2) is 6.85 Å². The smallest absolute Gasteiger partial charge is 0.333 e. The fraction of sp³-hybridized carbons (Fsp3) is 0.148. The second-order valence-electron chi connectivity index (χ2n) is 17.9. The molecule has 3 heteroatoms. The molecule has 0 bridgehead atoms. The van der Waals surface area contributed by atoms with Crippen molar-refractivity contribution >= 4 is 57.0 Å². The maximum absolute atomic E-state index is 2.66. The van der Waals surface area contributed by atoms with Crippen LogP contribution in [-0.2, 0) is 10.8 Å². The van der Waals surface area contributed by atoms with E-state index in [2.05, 4.69) is 215 Å². The minimum absolute atomic E-state index is 0.0548. The van der Waals surface area contributed by atoms with Gasteiger partial charge in [0, 0.05) is 39.4 Å². The van der Waals surface area contributed by atoms with Gasteiger partial charge in [0.1, 0.15) is 0 Å². The number of hydrogen-bond acceptors (Lipinski definition) is 2. The lowest BCUT2D eigenvalue weighted by molar-refractivity contribution is 0.590. The molecular formula is C54H45BN2. The van der Waals surface area contributed by atoms with Crippen molar-refractivity contribution in [3.05, 3.63) is 186 Å². The number of hydrogen-bond donors (Lipinski definition) is 0. The molecule has 57 heavy (non-hydrogen) atoms. The van der Waals surface area contributed by atoms with Gasteiger partial charge in [-0.2, -0.15) is 0 Å². The molecule has 0 atom stereocenters. The molecule has 0 fully saturated rings. The molecule has 0 saturated carbocycles. The number of aryl methyl sites for hydroxylation is 1. The summed E-state index contributed by atoms with van der Waals surface area (Å²) in [4.78, 5) is 5.22. The largest absolute Gasteiger partial charge is 0.376 e. The molecule has 274 valence electrons. The highest BCUT2D eigenvalue weighted by Crippen LogP contribution is 2.53. The highest BCUT2D eigenvalue weighted by Gasteiger charge is 2.47. The van der Waals surface area contributed by atoms with Crippen molar-refractivity contribution in [3.63, 3.8) is 0 Å². The van der Waals surface area contributed by atoms with Gasteiger partial charge < -0.3 is 9.71 Å². The van der Waals surface area contributed by atoms with Crippen LogP contribution in [0.2, 0.25) is 0 Å². The molecule has 0 aromatic heterocycles. The zero-order valence-electron chi connectivity index (χ0n) is 33.6. The van der Waals surface area contributed by atoms with Crippen LogP contribution in [0.25, 0.3) is 44.2 Å². The fourth-order valence-corrected chi connectivity index (χ4v) is 10.1. The lowest BCUT2D eigenvalue weighted by Gasteiger charge is -2.46. The first-order chi connectivity index (χ1) is 27.6. The average molecular weight is 733 g/mol. The van der Waals surface area contributed by atoms with Gasteiger partial charge in [-0.25, -0.2) is 0 Å². The van der Waals surface area contributed by atoms with Crippen LogP contribution in [0.15, 0.2) is 164 Å². The molecule has 0 radical (unpaired) electrons. The van der Waals surface area contributed by atoms with Crippen LogP contribution < -0.4 is 20.6 Å². The Kier molecular flexibility index (Phi) is 7.21. The first-order valence-corrected chi connectivity index (χ1v) is 20.4. The van der Waals surface area contributed by atoms with Crippen molar-refractivity contribution in [2.24, 2.45) is 0 Å². The van der Waals surface area contributed by atoms with Crippen LogP contribution in [0.1, 0.15) is 56.9 Å². The predicted octanol–water partition coefficient (Wildman–Crippen LogP) is 13.1. The summed E-state index contributed by atoms with van der Waals surface area (Å²) in [6.45, 7) is 13.9. The summed E-state index contributed by atoms with van der Waals surface area (Å²) in [5.41, 5.74) is 21.8. The second-order valence-corrected chi connectivity index (χ2v) is 17.9. The number of benzene rings is 8. The van der Waals surface area contributed by atoms with Crippen LogP contribution >= 0.6 is 0 Å². The lowest BCUT2D eigenvalue weighted by atomic mass is 9.43. The van der Waals surface area contributed by atoms with E-state index in [-0.39, 0.29) is 17.7 Å². The third-order valence-corrected chi connectivity index (χ3v) is 13.0. The molecule has 0 N–H and O–H groups in total. The lowest BCUT2D eigenvalue weighted by Crippen LogP contribution is -2.61. The average Bonchev–Trinajstić information content (AvgIpc) is 3.44. The summed E-state index contributed by atoms with van der Waals surface area (Å²) < 4.78 is 0. The quantitative estimate of drug-likeness (QED) is 0.167. The van der Waals surface area contributed by atoms with Crippen molar-refractivity contribution in [2.75, 3.05) is 9.71 Å². The number of fused-ring (bicyclic) bond motifs is 8. The van der Waals surface area contributed by atoms with Crippen molar-refractivity contribution in [2.45, 2.75) is 52.4 Å². The first kappa shape index (κ1) is 34.0. The molecule has 11 rings (SSSR count). The molecule has 8 aromatic rings. The van der Waals surface area contributed by atoms with E-state index < -0.39 is 0 Å². The maximum atomic E-state index is 2.66. The van der Waals surface area contributed by atoms with Gasteiger partial charge in [0.05, 0.1) is 0 Å². The van der Waals surface area contributed by atoms with E-state index in [1.54, 1.807) is 0 Å². The van der Waals surface area contributed by atoms with Crippen molar-refractivity contribution in [1.82, 2.24) is 0 Å². The van der Waals surface area contributed by atoms with E-state index in [1.807, 2.05) is 0 Å². The Morgan fingerprint density at radius 2 is 1.14 bits per heavy atom. The molecule has 1 aliphatic carbocycles. The summed E-state index contributed by atoms with van der Waals surface area (Å²) in [6.07, 6.45) is 0. The number of rotatable bonds is 3. The van der Waals surface area contributed by atoms with Gasteiger partial charge in [0.2, 0.25) is 0 Å². The topological polar surface area (TPSA) is 6.48 Å². The Bertz CT molecular complexity index is 2920. The fourth-order valence-electron chi connectivity index (χ4n) is 10.1. The molecule has 2 heterocycles. The Labute approximate surface area is 337 Å². The zero-order chi connectivity index (χ0) is 38.8. The Balaban J connectivity index is 1.23. The van der Waals surface area contributed by atoms with Crippen molar-refractivity contribution < 1.29 is 0 Å². The van der Waals surface area contributed by atoms with Gasteiger partial charge in [0.25, 0.3) is 0 Å². The highest BCUT2D eigenvalue weighted by atomic mass is 15.2. The standard InChI is InChI=1S/C54H45BN2/c1-34-28-45-44-30-37-16-10-11-17-38(37)31-49(44)57(41-26-22-39(23-27-41)53(2,3)4)55-48-32-43-42-18-12-13-19-46(42)54(5,6)47(43)33-50(48)56(51(29-34)52(45)55)40-24-20-36(21-25-40)35-14-8-7-9-15-35/h7-33H,1-6H3. The molecule has 0 unspecified atom stereocenters. The molecule has 0 saturated heterocycles. The summed E-state index contributed by atoms with van der Waals surface area (Å²) in [6, 6.07) is 62.1. The minimum atomic E-state index is -0.137. The summed E-state index contributed by atoms with van der Waals surface area (Å²) in [7, 11) is 0. The Morgan fingerprint density at radius 1 is 0.491 bits per heavy atom.